The number of hydrogen-bond donors (Lipinski definition) is 2. The van der Waals surface area contributed by atoms with Crippen molar-refractivity contribution < 1.29 is 14.7 Å². The predicted octanol–water partition coefficient (Wildman–Crippen LogP) is 1.65. The van der Waals surface area contributed by atoms with E-state index in [1.807, 2.05) is 6.92 Å². The number of carbonyl (C=O) groups is 2. The molecule has 2 unspecified atom stereocenters. The minimum Gasteiger partial charge on any atom is -0.481 e. The van der Waals surface area contributed by atoms with Gasteiger partial charge in [0.05, 0.1) is 11.8 Å². The summed E-state index contributed by atoms with van der Waals surface area (Å²) in [6.45, 7) is 6.25. The van der Waals surface area contributed by atoms with Gasteiger partial charge < -0.3 is 10.4 Å². The topological polar surface area (TPSA) is 66.4 Å². The summed E-state index contributed by atoms with van der Waals surface area (Å²) in [6, 6.07) is 0.236. The molecule has 2 rings (SSSR count). The normalized spacial score (nSPS) is 38.8. The molecule has 0 aromatic heterocycles. The number of nitrogens with one attached hydrogen (secondary N) is 1. The van der Waals surface area contributed by atoms with Gasteiger partial charge in [-0.1, -0.05) is 20.8 Å². The molecule has 0 saturated heterocycles. The molecule has 17 heavy (non-hydrogen) atoms. The first-order chi connectivity index (χ1) is 7.81. The Kier molecular flexibility index (Phi) is 2.92. The average molecular weight is 239 g/mol. The Labute approximate surface area is 102 Å². The van der Waals surface area contributed by atoms with Gasteiger partial charge in [0.15, 0.2) is 0 Å². The van der Waals surface area contributed by atoms with Crippen molar-refractivity contribution in [3.63, 3.8) is 0 Å². The molecule has 0 aromatic rings. The molecule has 2 N–H and O–H groups in total. The van der Waals surface area contributed by atoms with Crippen molar-refractivity contribution >= 4 is 11.9 Å². The molecule has 96 valence electrons. The lowest BCUT2D eigenvalue weighted by molar-refractivity contribution is -0.146. The van der Waals surface area contributed by atoms with Gasteiger partial charge in [-0.2, -0.15) is 0 Å². The van der Waals surface area contributed by atoms with Gasteiger partial charge in [0.25, 0.3) is 0 Å². The molecule has 1 amide bonds. The quantitative estimate of drug-likeness (QED) is 0.787. The van der Waals surface area contributed by atoms with Gasteiger partial charge in [0.1, 0.15) is 0 Å². The maximum atomic E-state index is 12.1. The van der Waals surface area contributed by atoms with E-state index in [-0.39, 0.29) is 23.3 Å². The first-order valence-corrected chi connectivity index (χ1v) is 6.34. The van der Waals surface area contributed by atoms with Crippen molar-refractivity contribution in [2.45, 2.75) is 46.1 Å². The summed E-state index contributed by atoms with van der Waals surface area (Å²) >= 11 is 0. The minimum atomic E-state index is -0.829. The largest absolute Gasteiger partial charge is 0.481 e. The van der Waals surface area contributed by atoms with Crippen LogP contribution in [0.3, 0.4) is 0 Å². The zero-order chi connectivity index (χ0) is 12.8. The molecular formula is C13H21NO3. The van der Waals surface area contributed by atoms with Gasteiger partial charge in [-0.25, -0.2) is 0 Å². The molecule has 0 aromatic carbocycles. The van der Waals surface area contributed by atoms with Crippen LogP contribution < -0.4 is 5.32 Å². The van der Waals surface area contributed by atoms with Crippen molar-refractivity contribution in [1.82, 2.24) is 5.32 Å². The van der Waals surface area contributed by atoms with Crippen LogP contribution in [0.4, 0.5) is 0 Å². The maximum absolute atomic E-state index is 12.1. The number of hydrogen-bond acceptors (Lipinski definition) is 2. The van der Waals surface area contributed by atoms with Crippen LogP contribution in [-0.2, 0) is 9.59 Å². The van der Waals surface area contributed by atoms with Gasteiger partial charge in [-0.05, 0) is 30.6 Å². The second-order valence-corrected chi connectivity index (χ2v) is 6.38. The lowest BCUT2D eigenvalue weighted by Crippen LogP contribution is -2.37. The third kappa shape index (κ3) is 2.45. The molecule has 4 nitrogen and oxygen atoms in total. The van der Waals surface area contributed by atoms with Crippen LogP contribution in [0.1, 0.15) is 40.0 Å². The van der Waals surface area contributed by atoms with Crippen LogP contribution in [0.2, 0.25) is 0 Å². The molecule has 4 heteroatoms. The Morgan fingerprint density at radius 2 is 1.76 bits per heavy atom. The first-order valence-electron chi connectivity index (χ1n) is 6.34. The molecule has 0 aliphatic heterocycles. The lowest BCUT2D eigenvalue weighted by atomic mass is 9.95. The molecule has 0 spiro atoms. The monoisotopic (exact) mass is 239 g/mol. The molecule has 2 aliphatic rings. The molecule has 2 fully saturated rings. The van der Waals surface area contributed by atoms with Crippen molar-refractivity contribution in [2.75, 3.05) is 0 Å². The summed E-state index contributed by atoms with van der Waals surface area (Å²) in [5.41, 5.74) is 0.193. The summed E-state index contributed by atoms with van der Waals surface area (Å²) in [7, 11) is 0. The van der Waals surface area contributed by atoms with Crippen molar-refractivity contribution in [3.8, 4) is 0 Å². The van der Waals surface area contributed by atoms with Crippen molar-refractivity contribution in [3.05, 3.63) is 0 Å². The highest BCUT2D eigenvalue weighted by Gasteiger charge is 2.49. The van der Waals surface area contributed by atoms with E-state index < -0.39 is 11.9 Å². The maximum Gasteiger partial charge on any atom is 0.307 e. The van der Waals surface area contributed by atoms with Gasteiger partial charge in [0, 0.05) is 6.04 Å². The number of amides is 1. The number of carboxylic acids is 1. The Bertz CT molecular complexity index is 351. The van der Waals surface area contributed by atoms with Gasteiger partial charge >= 0.3 is 5.97 Å². The first kappa shape index (κ1) is 12.4. The van der Waals surface area contributed by atoms with Gasteiger partial charge in [0.2, 0.25) is 5.91 Å². The zero-order valence-corrected chi connectivity index (χ0v) is 10.7. The lowest BCUT2D eigenvalue weighted by Gasteiger charge is -2.16. The molecule has 0 heterocycles. The van der Waals surface area contributed by atoms with E-state index in [4.69, 9.17) is 5.11 Å². The van der Waals surface area contributed by atoms with E-state index in [9.17, 15) is 9.59 Å². The minimum absolute atomic E-state index is 0.0580. The fraction of sp³-hybridized carbons (Fsp3) is 0.846. The molecule has 4 atom stereocenters. The smallest absolute Gasteiger partial charge is 0.307 e. The van der Waals surface area contributed by atoms with Crippen LogP contribution in [0.5, 0.6) is 0 Å². The predicted molar refractivity (Wildman–Crippen MR) is 63.3 cm³/mol. The highest BCUT2D eigenvalue weighted by Crippen LogP contribution is 2.45. The van der Waals surface area contributed by atoms with E-state index in [2.05, 4.69) is 19.2 Å². The molecule has 2 saturated carbocycles. The number of rotatable bonds is 3. The molecular weight excluding hydrogens is 218 g/mol. The van der Waals surface area contributed by atoms with Gasteiger partial charge in [-0.3, -0.25) is 9.59 Å². The summed E-state index contributed by atoms with van der Waals surface area (Å²) in [5.74, 6) is -1.38. The number of aliphatic carboxylic acids is 1. The summed E-state index contributed by atoms with van der Waals surface area (Å²) < 4.78 is 0. The second kappa shape index (κ2) is 4.00. The van der Waals surface area contributed by atoms with Gasteiger partial charge in [-0.15, -0.1) is 0 Å². The number of carboxylic acid groups (broad SMARTS) is 1. The molecule has 0 radical (unpaired) electrons. The Morgan fingerprint density at radius 3 is 2.24 bits per heavy atom. The van der Waals surface area contributed by atoms with E-state index in [0.717, 1.165) is 6.42 Å². The highest BCUT2D eigenvalue weighted by molar-refractivity contribution is 5.85. The van der Waals surface area contributed by atoms with Crippen LogP contribution in [-0.4, -0.2) is 23.0 Å². The Morgan fingerprint density at radius 1 is 1.24 bits per heavy atom. The number of carbonyl (C=O) groups excluding carboxylic acids is 1. The third-order valence-electron chi connectivity index (χ3n) is 4.28. The Balaban J connectivity index is 1.96. The molecule has 0 bridgehead atoms. The summed E-state index contributed by atoms with van der Waals surface area (Å²) in [6.07, 6.45) is 2.33. The Hall–Kier alpha value is -1.06. The van der Waals surface area contributed by atoms with E-state index in [0.29, 0.717) is 18.8 Å². The average Bonchev–Trinajstić information content (AvgIpc) is 2.63. The van der Waals surface area contributed by atoms with Crippen LogP contribution in [0.15, 0.2) is 0 Å². The standard InChI is InChI=1S/C13H21NO3/c1-7-4-8(9(5-7)12(16)17)11(15)14-10-6-13(10,2)3/h7-10H,4-6H2,1-3H3,(H,14,15)(H,16,17)/t7?,8-,9+,10?/m0/s1. The fourth-order valence-electron chi connectivity index (χ4n) is 2.85. The van der Waals surface area contributed by atoms with Crippen molar-refractivity contribution in [1.29, 1.82) is 0 Å². The van der Waals surface area contributed by atoms with E-state index >= 15 is 0 Å². The van der Waals surface area contributed by atoms with Crippen molar-refractivity contribution in [2.24, 2.45) is 23.2 Å². The SMILES string of the molecule is CC1C[C@H](C(=O)NC2CC2(C)C)[C@H](C(=O)O)C1. The van der Waals surface area contributed by atoms with Crippen LogP contribution in [0, 0.1) is 23.2 Å². The van der Waals surface area contributed by atoms with E-state index in [1.165, 1.54) is 0 Å². The van der Waals surface area contributed by atoms with Crippen LogP contribution in [0.25, 0.3) is 0 Å². The zero-order valence-electron chi connectivity index (χ0n) is 10.7. The second-order valence-electron chi connectivity index (χ2n) is 6.38. The third-order valence-corrected chi connectivity index (χ3v) is 4.28. The van der Waals surface area contributed by atoms with E-state index in [1.54, 1.807) is 0 Å². The summed E-state index contributed by atoms with van der Waals surface area (Å²) in [5, 5.41) is 12.1. The summed E-state index contributed by atoms with van der Waals surface area (Å²) in [4.78, 5) is 23.2. The fourth-order valence-corrected chi connectivity index (χ4v) is 2.85. The highest BCUT2D eigenvalue weighted by atomic mass is 16.4. The van der Waals surface area contributed by atoms with Crippen LogP contribution >= 0.6 is 0 Å². The molecule has 2 aliphatic carbocycles.